The SMILES string of the molecule is O=C(CNC(=O)c1cccc([N+](=O)[O-])c1)Nc1cccc(Cl)c1. The van der Waals surface area contributed by atoms with E-state index in [-0.39, 0.29) is 17.8 Å². The maximum absolute atomic E-state index is 11.9. The lowest BCUT2D eigenvalue weighted by Gasteiger charge is -2.07. The van der Waals surface area contributed by atoms with E-state index in [1.54, 1.807) is 24.3 Å². The molecule has 7 nitrogen and oxygen atoms in total. The first-order valence-electron chi connectivity index (χ1n) is 6.54. The quantitative estimate of drug-likeness (QED) is 0.648. The van der Waals surface area contributed by atoms with Gasteiger partial charge in [0.1, 0.15) is 0 Å². The maximum atomic E-state index is 11.9. The lowest BCUT2D eigenvalue weighted by atomic mass is 10.2. The molecule has 0 aliphatic rings. The van der Waals surface area contributed by atoms with Crippen molar-refractivity contribution in [3.8, 4) is 0 Å². The third-order valence-corrected chi connectivity index (χ3v) is 3.07. The average molecular weight is 334 g/mol. The summed E-state index contributed by atoms with van der Waals surface area (Å²) in [6.07, 6.45) is 0. The van der Waals surface area contributed by atoms with Gasteiger partial charge in [-0.1, -0.05) is 23.7 Å². The number of nitro groups is 1. The molecule has 0 aliphatic carbocycles. The molecule has 23 heavy (non-hydrogen) atoms. The number of carbonyl (C=O) groups excluding carboxylic acids is 2. The van der Waals surface area contributed by atoms with Crippen LogP contribution in [0.15, 0.2) is 48.5 Å². The fraction of sp³-hybridized carbons (Fsp3) is 0.0667. The molecule has 0 heterocycles. The van der Waals surface area contributed by atoms with Crippen LogP contribution in [-0.4, -0.2) is 23.3 Å². The van der Waals surface area contributed by atoms with Gasteiger partial charge in [0.2, 0.25) is 5.91 Å². The second kappa shape index (κ2) is 7.37. The molecule has 0 aromatic heterocycles. The van der Waals surface area contributed by atoms with Crippen LogP contribution in [0.3, 0.4) is 0 Å². The number of rotatable bonds is 5. The van der Waals surface area contributed by atoms with E-state index in [1.807, 2.05) is 0 Å². The van der Waals surface area contributed by atoms with Crippen molar-refractivity contribution in [3.63, 3.8) is 0 Å². The topological polar surface area (TPSA) is 101 Å². The Bertz CT molecular complexity index is 764. The first-order valence-corrected chi connectivity index (χ1v) is 6.91. The molecule has 2 amide bonds. The Morgan fingerprint density at radius 2 is 1.87 bits per heavy atom. The van der Waals surface area contributed by atoms with Gasteiger partial charge in [-0.15, -0.1) is 0 Å². The number of hydrogen-bond donors (Lipinski definition) is 2. The van der Waals surface area contributed by atoms with Crippen molar-refractivity contribution >= 4 is 34.8 Å². The highest BCUT2D eigenvalue weighted by molar-refractivity contribution is 6.30. The fourth-order valence-electron chi connectivity index (χ4n) is 1.79. The second-order valence-electron chi connectivity index (χ2n) is 4.55. The average Bonchev–Trinajstić information content (AvgIpc) is 2.52. The van der Waals surface area contributed by atoms with Crippen molar-refractivity contribution in [2.45, 2.75) is 0 Å². The van der Waals surface area contributed by atoms with Gasteiger partial charge in [-0.05, 0) is 24.3 Å². The van der Waals surface area contributed by atoms with Crippen molar-refractivity contribution in [2.75, 3.05) is 11.9 Å². The second-order valence-corrected chi connectivity index (χ2v) is 4.99. The summed E-state index contributed by atoms with van der Waals surface area (Å²) in [6.45, 7) is -0.270. The normalized spacial score (nSPS) is 9.96. The highest BCUT2D eigenvalue weighted by Gasteiger charge is 2.12. The van der Waals surface area contributed by atoms with E-state index in [0.717, 1.165) is 6.07 Å². The summed E-state index contributed by atoms with van der Waals surface area (Å²) >= 11 is 5.80. The van der Waals surface area contributed by atoms with E-state index in [0.29, 0.717) is 10.7 Å². The van der Waals surface area contributed by atoms with E-state index in [1.165, 1.54) is 18.2 Å². The maximum Gasteiger partial charge on any atom is 0.270 e. The molecule has 2 aromatic carbocycles. The molecule has 0 spiro atoms. The Balaban J connectivity index is 1.92. The lowest BCUT2D eigenvalue weighted by molar-refractivity contribution is -0.384. The molecular formula is C15H12ClN3O4. The molecule has 0 atom stereocenters. The van der Waals surface area contributed by atoms with Crippen LogP contribution in [0.5, 0.6) is 0 Å². The number of hydrogen-bond acceptors (Lipinski definition) is 4. The highest BCUT2D eigenvalue weighted by atomic mass is 35.5. The van der Waals surface area contributed by atoms with Crippen LogP contribution < -0.4 is 10.6 Å². The van der Waals surface area contributed by atoms with Crippen molar-refractivity contribution in [1.29, 1.82) is 0 Å². The summed E-state index contributed by atoms with van der Waals surface area (Å²) in [7, 11) is 0. The number of carbonyl (C=O) groups is 2. The smallest absolute Gasteiger partial charge is 0.270 e. The van der Waals surface area contributed by atoms with E-state index >= 15 is 0 Å². The largest absolute Gasteiger partial charge is 0.343 e. The van der Waals surface area contributed by atoms with Gasteiger partial charge >= 0.3 is 0 Å². The van der Waals surface area contributed by atoms with Gasteiger partial charge in [-0.2, -0.15) is 0 Å². The Hall–Kier alpha value is -2.93. The van der Waals surface area contributed by atoms with Crippen LogP contribution in [0.2, 0.25) is 5.02 Å². The Morgan fingerprint density at radius 3 is 2.57 bits per heavy atom. The summed E-state index contributed by atoms with van der Waals surface area (Å²) in [6, 6.07) is 11.8. The molecular weight excluding hydrogens is 322 g/mol. The summed E-state index contributed by atoms with van der Waals surface area (Å²) in [5, 5.41) is 16.1. The molecule has 0 saturated carbocycles. The van der Waals surface area contributed by atoms with Crippen molar-refractivity contribution in [1.82, 2.24) is 5.32 Å². The molecule has 0 bridgehead atoms. The highest BCUT2D eigenvalue weighted by Crippen LogP contribution is 2.15. The van der Waals surface area contributed by atoms with Crippen molar-refractivity contribution in [2.24, 2.45) is 0 Å². The van der Waals surface area contributed by atoms with E-state index in [2.05, 4.69) is 10.6 Å². The minimum Gasteiger partial charge on any atom is -0.343 e. The van der Waals surface area contributed by atoms with E-state index in [9.17, 15) is 19.7 Å². The number of amides is 2. The van der Waals surface area contributed by atoms with Crippen LogP contribution in [0.25, 0.3) is 0 Å². The summed E-state index contributed by atoms with van der Waals surface area (Å²) in [5.41, 5.74) is 0.419. The van der Waals surface area contributed by atoms with Gasteiger partial charge in [0.15, 0.2) is 0 Å². The fourth-order valence-corrected chi connectivity index (χ4v) is 1.99. The molecule has 0 fully saturated rings. The van der Waals surface area contributed by atoms with Crippen LogP contribution in [0.1, 0.15) is 10.4 Å². The van der Waals surface area contributed by atoms with Gasteiger partial charge in [-0.3, -0.25) is 19.7 Å². The lowest BCUT2D eigenvalue weighted by Crippen LogP contribution is -2.32. The summed E-state index contributed by atoms with van der Waals surface area (Å²) in [4.78, 5) is 33.7. The van der Waals surface area contributed by atoms with Gasteiger partial charge in [0.05, 0.1) is 11.5 Å². The summed E-state index contributed by atoms with van der Waals surface area (Å²) in [5.74, 6) is -1.01. The Labute approximate surface area is 136 Å². The van der Waals surface area contributed by atoms with Gasteiger partial charge in [0.25, 0.3) is 11.6 Å². The monoisotopic (exact) mass is 333 g/mol. The van der Waals surface area contributed by atoms with Crippen LogP contribution >= 0.6 is 11.6 Å². The first kappa shape index (κ1) is 16.4. The van der Waals surface area contributed by atoms with Crippen LogP contribution in [-0.2, 0) is 4.79 Å². The van der Waals surface area contributed by atoms with Gasteiger partial charge < -0.3 is 10.6 Å². The molecule has 118 valence electrons. The van der Waals surface area contributed by atoms with E-state index in [4.69, 9.17) is 11.6 Å². The standard InChI is InChI=1S/C15H12ClN3O4/c16-11-4-2-5-12(8-11)18-14(20)9-17-15(21)10-3-1-6-13(7-10)19(22)23/h1-8H,9H2,(H,17,21)(H,18,20). The molecule has 0 aliphatic heterocycles. The third kappa shape index (κ3) is 4.79. The first-order chi connectivity index (χ1) is 11.0. The van der Waals surface area contributed by atoms with Crippen LogP contribution in [0, 0.1) is 10.1 Å². The molecule has 0 saturated heterocycles. The number of nitrogens with zero attached hydrogens (tertiary/aromatic N) is 1. The molecule has 2 N–H and O–H groups in total. The minimum absolute atomic E-state index is 0.106. The zero-order valence-corrected chi connectivity index (χ0v) is 12.5. The molecule has 2 rings (SSSR count). The molecule has 0 radical (unpaired) electrons. The number of halogens is 1. The zero-order chi connectivity index (χ0) is 16.8. The van der Waals surface area contributed by atoms with Gasteiger partial charge in [-0.25, -0.2) is 0 Å². The number of anilines is 1. The van der Waals surface area contributed by atoms with Crippen LogP contribution in [0.4, 0.5) is 11.4 Å². The zero-order valence-electron chi connectivity index (χ0n) is 11.8. The van der Waals surface area contributed by atoms with Crippen molar-refractivity contribution < 1.29 is 14.5 Å². The number of non-ortho nitro benzene ring substituents is 1. The minimum atomic E-state index is -0.595. The number of nitro benzene ring substituents is 1. The predicted molar refractivity (Wildman–Crippen MR) is 85.5 cm³/mol. The van der Waals surface area contributed by atoms with Gasteiger partial charge in [0, 0.05) is 28.4 Å². The summed E-state index contributed by atoms with van der Waals surface area (Å²) < 4.78 is 0. The molecule has 8 heteroatoms. The Morgan fingerprint density at radius 1 is 1.13 bits per heavy atom. The number of nitrogens with one attached hydrogen (secondary N) is 2. The third-order valence-electron chi connectivity index (χ3n) is 2.84. The molecule has 0 unspecified atom stereocenters. The number of benzene rings is 2. The Kier molecular flexibility index (Phi) is 5.27. The molecule has 2 aromatic rings. The van der Waals surface area contributed by atoms with E-state index < -0.39 is 16.7 Å². The van der Waals surface area contributed by atoms with Crippen molar-refractivity contribution in [3.05, 3.63) is 69.2 Å². The predicted octanol–water partition coefficient (Wildman–Crippen LogP) is 2.62.